The summed E-state index contributed by atoms with van der Waals surface area (Å²) in [5.74, 6) is 0.905. The molecule has 7 aromatic rings. The zero-order valence-corrected chi connectivity index (χ0v) is 27.6. The van der Waals surface area contributed by atoms with Gasteiger partial charge >= 0.3 is 21.1 Å². The van der Waals surface area contributed by atoms with E-state index in [1.54, 1.807) is 0 Å². The Morgan fingerprint density at radius 1 is 0.721 bits per heavy atom. The second kappa shape index (κ2) is 10.6. The first-order chi connectivity index (χ1) is 20.1. The van der Waals surface area contributed by atoms with Crippen LogP contribution in [0.5, 0.6) is 0 Å². The molecular formula is C38H34N4Pt. The molecule has 0 radical (unpaired) electrons. The van der Waals surface area contributed by atoms with Crippen molar-refractivity contribution in [3.8, 4) is 22.6 Å². The van der Waals surface area contributed by atoms with Gasteiger partial charge in [-0.15, -0.1) is 58.3 Å². The van der Waals surface area contributed by atoms with Gasteiger partial charge in [-0.1, -0.05) is 83.3 Å². The van der Waals surface area contributed by atoms with E-state index in [-0.39, 0.29) is 31.9 Å². The molecule has 3 heterocycles. The van der Waals surface area contributed by atoms with Crippen molar-refractivity contribution in [1.29, 1.82) is 0 Å². The Balaban J connectivity index is 0.00000329. The Bertz CT molecular complexity index is 2120. The molecule has 3 aromatic heterocycles. The number of fused-ring (bicyclic) bond motifs is 4. The van der Waals surface area contributed by atoms with Gasteiger partial charge in [-0.3, -0.25) is 4.68 Å². The fourth-order valence-corrected chi connectivity index (χ4v) is 5.68. The average Bonchev–Trinajstić information content (AvgIpc) is 3.60. The second-order valence-electron chi connectivity index (χ2n) is 13.2. The van der Waals surface area contributed by atoms with E-state index in [4.69, 9.17) is 4.98 Å². The minimum atomic E-state index is 0. The summed E-state index contributed by atoms with van der Waals surface area (Å²) in [4.78, 5) is 4.84. The number of nitrogens with zero attached hydrogens (tertiary/aromatic N) is 4. The van der Waals surface area contributed by atoms with Crippen LogP contribution in [0.1, 0.15) is 52.7 Å². The topological polar surface area (TPSA) is 35.6 Å². The van der Waals surface area contributed by atoms with Crippen molar-refractivity contribution < 1.29 is 21.1 Å². The van der Waals surface area contributed by atoms with Crippen molar-refractivity contribution in [2.24, 2.45) is 0 Å². The van der Waals surface area contributed by atoms with Gasteiger partial charge in [-0.25, -0.2) is 4.98 Å². The number of benzene rings is 4. The summed E-state index contributed by atoms with van der Waals surface area (Å²) in [6.45, 7) is 13.3. The Hall–Kier alpha value is -4.01. The van der Waals surface area contributed by atoms with Crippen LogP contribution in [0.15, 0.2) is 97.5 Å². The molecule has 0 atom stereocenters. The Labute approximate surface area is 267 Å². The molecule has 0 aliphatic carbocycles. The van der Waals surface area contributed by atoms with Crippen LogP contribution in [0.2, 0.25) is 0 Å². The quantitative estimate of drug-likeness (QED) is 0.169. The molecule has 0 saturated heterocycles. The van der Waals surface area contributed by atoms with Crippen LogP contribution in [0.25, 0.3) is 55.2 Å². The number of hydrogen-bond donors (Lipinski definition) is 0. The van der Waals surface area contributed by atoms with E-state index >= 15 is 0 Å². The number of hydrogen-bond acceptors (Lipinski definition) is 2. The van der Waals surface area contributed by atoms with Crippen molar-refractivity contribution in [1.82, 2.24) is 19.3 Å². The van der Waals surface area contributed by atoms with E-state index < -0.39 is 0 Å². The van der Waals surface area contributed by atoms with Gasteiger partial charge < -0.3 is 4.57 Å². The van der Waals surface area contributed by atoms with Gasteiger partial charge in [0.05, 0.1) is 6.20 Å². The van der Waals surface area contributed by atoms with Crippen LogP contribution in [0.4, 0.5) is 0 Å². The summed E-state index contributed by atoms with van der Waals surface area (Å²) in [6, 6.07) is 35.4. The third-order valence-electron chi connectivity index (χ3n) is 8.18. The van der Waals surface area contributed by atoms with Gasteiger partial charge in [0, 0.05) is 17.9 Å². The van der Waals surface area contributed by atoms with E-state index in [0.717, 1.165) is 49.8 Å². The molecule has 0 saturated carbocycles. The van der Waals surface area contributed by atoms with Crippen LogP contribution in [-0.2, 0) is 31.9 Å². The summed E-state index contributed by atoms with van der Waals surface area (Å²) in [5, 5.41) is 9.20. The van der Waals surface area contributed by atoms with E-state index in [1.165, 1.54) is 16.5 Å². The summed E-state index contributed by atoms with van der Waals surface area (Å²) in [7, 11) is 0. The number of aromatic nitrogens is 4. The average molecular weight is 742 g/mol. The number of pyridine rings is 1. The van der Waals surface area contributed by atoms with E-state index in [2.05, 4.69) is 148 Å². The van der Waals surface area contributed by atoms with Gasteiger partial charge in [0.15, 0.2) is 0 Å². The maximum absolute atomic E-state index is 4.84. The molecule has 0 fully saturated rings. The molecule has 0 amide bonds. The molecular weight excluding hydrogens is 708 g/mol. The minimum Gasteiger partial charge on any atom is -0.313 e. The van der Waals surface area contributed by atoms with Gasteiger partial charge in [0.2, 0.25) is 0 Å². The van der Waals surface area contributed by atoms with E-state index in [1.807, 2.05) is 17.1 Å². The molecule has 216 valence electrons. The summed E-state index contributed by atoms with van der Waals surface area (Å²) >= 11 is 0. The molecule has 4 aromatic carbocycles. The zero-order chi connectivity index (χ0) is 29.2. The molecule has 0 aliphatic rings. The predicted octanol–water partition coefficient (Wildman–Crippen LogP) is 9.38. The molecule has 0 N–H and O–H groups in total. The van der Waals surface area contributed by atoms with Crippen LogP contribution in [-0.4, -0.2) is 19.3 Å². The zero-order valence-electron chi connectivity index (χ0n) is 25.3. The standard InChI is InChI=1S/C38H34N4.Pt/c1-37(2,3)27-18-19-39-36(21-27)42-34-13-8-7-11-31(34)32-17-15-26(20-35(32)42)30-12-9-10-25-14-16-29(22-33(25)30)41-24-28(23-40-41)38(4,5)6;/h7-19,21,23-24H,1-6H3;/q-2;+2. The minimum absolute atomic E-state index is 0. The molecule has 0 unspecified atom stereocenters. The molecule has 5 heteroatoms. The van der Waals surface area contributed by atoms with Crippen LogP contribution >= 0.6 is 0 Å². The van der Waals surface area contributed by atoms with Crippen molar-refractivity contribution in [3.05, 3.63) is 121 Å². The molecule has 0 bridgehead atoms. The van der Waals surface area contributed by atoms with Crippen LogP contribution in [0.3, 0.4) is 0 Å². The first-order valence-corrected chi connectivity index (χ1v) is 14.5. The number of rotatable bonds is 3. The molecule has 7 rings (SSSR count). The van der Waals surface area contributed by atoms with Gasteiger partial charge in [-0.05, 0) is 56.7 Å². The Kier molecular flexibility index (Phi) is 7.17. The SMILES string of the molecule is CC(C)(C)c1ccnc(-n2c3[c-]c(-c4cccc5ccc(-n6cc(C(C)(C)C)cn6)[c-]c45)ccc3c3ccccc32)c1.[Pt+2]. The van der Waals surface area contributed by atoms with Crippen molar-refractivity contribution in [2.75, 3.05) is 0 Å². The van der Waals surface area contributed by atoms with Crippen LogP contribution < -0.4 is 0 Å². The van der Waals surface area contributed by atoms with Crippen molar-refractivity contribution >= 4 is 32.6 Å². The summed E-state index contributed by atoms with van der Waals surface area (Å²) < 4.78 is 4.18. The van der Waals surface area contributed by atoms with Gasteiger partial charge in [0.25, 0.3) is 0 Å². The van der Waals surface area contributed by atoms with Gasteiger partial charge in [0.1, 0.15) is 5.82 Å². The fraction of sp³-hybridized carbons (Fsp3) is 0.211. The van der Waals surface area contributed by atoms with Crippen molar-refractivity contribution in [3.63, 3.8) is 0 Å². The Morgan fingerprint density at radius 2 is 1.51 bits per heavy atom. The molecule has 0 spiro atoms. The smallest absolute Gasteiger partial charge is 0.313 e. The first kappa shape index (κ1) is 29.1. The second-order valence-corrected chi connectivity index (χ2v) is 13.2. The predicted molar refractivity (Wildman–Crippen MR) is 174 cm³/mol. The van der Waals surface area contributed by atoms with E-state index in [0.29, 0.717) is 0 Å². The largest absolute Gasteiger partial charge is 2.00 e. The summed E-state index contributed by atoms with van der Waals surface area (Å²) in [6.07, 6.45) is 5.98. The normalized spacial score (nSPS) is 12.2. The maximum Gasteiger partial charge on any atom is 2.00 e. The number of para-hydroxylation sites is 1. The molecule has 43 heavy (non-hydrogen) atoms. The van der Waals surface area contributed by atoms with E-state index in [9.17, 15) is 0 Å². The Morgan fingerprint density at radius 3 is 2.28 bits per heavy atom. The third-order valence-corrected chi connectivity index (χ3v) is 8.18. The van der Waals surface area contributed by atoms with Gasteiger partial charge in [-0.2, -0.15) is 5.10 Å². The third kappa shape index (κ3) is 5.12. The fourth-order valence-electron chi connectivity index (χ4n) is 5.68. The summed E-state index contributed by atoms with van der Waals surface area (Å²) in [5.41, 5.74) is 7.67. The molecule has 0 aliphatic heterocycles. The monoisotopic (exact) mass is 741 g/mol. The van der Waals surface area contributed by atoms with Crippen molar-refractivity contribution in [2.45, 2.75) is 52.4 Å². The van der Waals surface area contributed by atoms with Crippen LogP contribution in [0, 0.1) is 12.1 Å². The maximum atomic E-state index is 4.84. The molecule has 4 nitrogen and oxygen atoms in total. The first-order valence-electron chi connectivity index (χ1n) is 14.5.